The normalized spacial score (nSPS) is 13.0. The number of esters is 2. The topological polar surface area (TPSA) is 119 Å². The van der Waals surface area contributed by atoms with Crippen molar-refractivity contribution in [2.45, 2.75) is 213 Å². The molecule has 0 aromatic carbocycles. The summed E-state index contributed by atoms with van der Waals surface area (Å²) in [7, 11) is -4.76. The zero-order valence-corrected chi connectivity index (χ0v) is 36.7. The second kappa shape index (κ2) is 42.4. The van der Waals surface area contributed by atoms with Gasteiger partial charge in [0.25, 0.3) is 0 Å². The molecule has 0 fully saturated rings. The zero-order valence-electron chi connectivity index (χ0n) is 35.8. The number of allylic oxidation sites excluding steroid dienone is 10. The van der Waals surface area contributed by atoms with Crippen molar-refractivity contribution in [1.29, 1.82) is 0 Å². The summed E-state index contributed by atoms with van der Waals surface area (Å²) in [5.41, 5.74) is 0. The minimum absolute atomic E-state index is 0.200. The van der Waals surface area contributed by atoms with E-state index >= 15 is 0 Å². The first-order valence-electron chi connectivity index (χ1n) is 22.6. The zero-order chi connectivity index (χ0) is 41.1. The van der Waals surface area contributed by atoms with E-state index in [-0.39, 0.29) is 19.4 Å². The van der Waals surface area contributed by atoms with Crippen LogP contribution in [-0.2, 0) is 28.2 Å². The number of carbonyl (C=O) groups excluding carboxylic acids is 2. The van der Waals surface area contributed by atoms with Crippen molar-refractivity contribution in [3.8, 4) is 0 Å². The summed E-state index contributed by atoms with van der Waals surface area (Å²) < 4.78 is 26.4. The number of hydrogen-bond acceptors (Lipinski definition) is 6. The maximum Gasteiger partial charge on any atom is 0.469 e. The van der Waals surface area contributed by atoms with Crippen LogP contribution in [0.3, 0.4) is 0 Å². The first-order chi connectivity index (χ1) is 27.3. The van der Waals surface area contributed by atoms with Crippen LogP contribution in [0.15, 0.2) is 60.8 Å². The number of ether oxygens (including phenoxy) is 2. The Morgan fingerprint density at radius 1 is 0.482 bits per heavy atom. The van der Waals surface area contributed by atoms with Gasteiger partial charge >= 0.3 is 19.8 Å². The molecule has 0 heterocycles. The number of hydrogen-bond donors (Lipinski definition) is 2. The molecule has 0 bridgehead atoms. The van der Waals surface area contributed by atoms with Crippen LogP contribution in [-0.4, -0.2) is 41.0 Å². The molecule has 0 amide bonds. The van der Waals surface area contributed by atoms with E-state index in [1.165, 1.54) is 89.9 Å². The summed E-state index contributed by atoms with van der Waals surface area (Å²) in [6.07, 6.45) is 53.7. The molecule has 0 aliphatic carbocycles. The van der Waals surface area contributed by atoms with Gasteiger partial charge in [-0.2, -0.15) is 0 Å². The lowest BCUT2D eigenvalue weighted by Gasteiger charge is -2.18. The number of phosphoric acid groups is 1. The van der Waals surface area contributed by atoms with Crippen molar-refractivity contribution < 1.29 is 37.9 Å². The molecule has 2 N–H and O–H groups in total. The highest BCUT2D eigenvalue weighted by atomic mass is 31.2. The lowest BCUT2D eigenvalue weighted by molar-refractivity contribution is -0.161. The largest absolute Gasteiger partial charge is 0.469 e. The molecule has 0 saturated carbocycles. The molecule has 0 aromatic rings. The van der Waals surface area contributed by atoms with E-state index in [9.17, 15) is 14.2 Å². The molecule has 0 aliphatic rings. The number of phosphoric ester groups is 1. The van der Waals surface area contributed by atoms with Crippen molar-refractivity contribution in [2.75, 3.05) is 13.2 Å². The quantitative estimate of drug-likeness (QED) is 0.0271. The second-order valence-corrected chi connectivity index (χ2v) is 16.2. The molecule has 0 aliphatic heterocycles. The lowest BCUT2D eigenvalue weighted by Crippen LogP contribution is -2.29. The Balaban J connectivity index is 3.91. The fraction of sp³-hybridized carbons (Fsp3) is 0.745. The van der Waals surface area contributed by atoms with Crippen LogP contribution in [0.25, 0.3) is 0 Å². The summed E-state index contributed by atoms with van der Waals surface area (Å²) in [5, 5.41) is 0. The molecule has 0 spiro atoms. The Hall–Kier alpha value is -2.25. The van der Waals surface area contributed by atoms with Gasteiger partial charge in [-0.25, -0.2) is 4.57 Å². The third-order valence-corrected chi connectivity index (χ3v) is 10.0. The van der Waals surface area contributed by atoms with Gasteiger partial charge in [0, 0.05) is 12.8 Å². The Labute approximate surface area is 343 Å². The van der Waals surface area contributed by atoms with E-state index in [1.54, 1.807) is 0 Å². The van der Waals surface area contributed by atoms with Crippen molar-refractivity contribution in [1.82, 2.24) is 0 Å². The molecule has 0 aromatic heterocycles. The third kappa shape index (κ3) is 44.5. The molecule has 1 unspecified atom stereocenters. The van der Waals surface area contributed by atoms with Crippen molar-refractivity contribution in [2.24, 2.45) is 0 Å². The molecular formula is C47H83O8P. The van der Waals surface area contributed by atoms with Gasteiger partial charge in [0.15, 0.2) is 6.10 Å². The minimum Gasteiger partial charge on any atom is -0.462 e. The van der Waals surface area contributed by atoms with Crippen molar-refractivity contribution >= 4 is 19.8 Å². The lowest BCUT2D eigenvalue weighted by atomic mass is 10.1. The highest BCUT2D eigenvalue weighted by Crippen LogP contribution is 2.36. The average molecular weight is 807 g/mol. The SMILES string of the molecule is CC/C=C\C/C=C\C/C=C\C/C=C\CCCCCCCCCCC(=O)OC(COC(=O)CCCCCCCCC/C=C\CCCCCCCC)COP(=O)(O)O. The molecule has 9 heteroatoms. The van der Waals surface area contributed by atoms with Crippen molar-refractivity contribution in [3.63, 3.8) is 0 Å². The van der Waals surface area contributed by atoms with Gasteiger partial charge in [-0.3, -0.25) is 14.1 Å². The van der Waals surface area contributed by atoms with Gasteiger partial charge in [-0.05, 0) is 77.0 Å². The summed E-state index contributed by atoms with van der Waals surface area (Å²) in [5.74, 6) is -0.898. The Kier molecular flexibility index (Phi) is 40.7. The summed E-state index contributed by atoms with van der Waals surface area (Å²) >= 11 is 0. The van der Waals surface area contributed by atoms with Crippen LogP contribution in [0, 0.1) is 0 Å². The van der Waals surface area contributed by atoms with Crippen molar-refractivity contribution in [3.05, 3.63) is 60.8 Å². The molecule has 1 atom stereocenters. The highest BCUT2D eigenvalue weighted by molar-refractivity contribution is 7.46. The Morgan fingerprint density at radius 3 is 1.30 bits per heavy atom. The van der Waals surface area contributed by atoms with E-state index in [1.807, 2.05) is 0 Å². The first-order valence-corrected chi connectivity index (χ1v) is 24.1. The van der Waals surface area contributed by atoms with E-state index in [4.69, 9.17) is 19.3 Å². The van der Waals surface area contributed by atoms with Crippen LogP contribution in [0.5, 0.6) is 0 Å². The Bertz CT molecular complexity index is 1090. The van der Waals surface area contributed by atoms with Crippen LogP contribution >= 0.6 is 7.82 Å². The fourth-order valence-corrected chi connectivity index (χ4v) is 6.54. The summed E-state index contributed by atoms with van der Waals surface area (Å²) in [6, 6.07) is 0. The minimum atomic E-state index is -4.76. The van der Waals surface area contributed by atoms with Crippen LogP contribution in [0.1, 0.15) is 206 Å². The smallest absolute Gasteiger partial charge is 0.462 e. The standard InChI is InChI=1S/C47H83O8P/c1-3-5-7-9-11-13-15-17-19-21-22-23-24-26-28-30-32-34-36-38-40-42-47(49)55-45(44-54-56(50,51)52)43-53-46(48)41-39-37-35-33-31-29-27-25-20-18-16-14-12-10-8-6-4-2/h5,7,11,13,17-20,22-23,45H,3-4,6,8-10,12,14-16,21,24-44H2,1-2H3,(H2,50,51,52)/b7-5-,13-11-,19-17-,20-18-,23-22-. The molecule has 0 saturated heterocycles. The van der Waals surface area contributed by atoms with E-state index in [0.717, 1.165) is 83.5 Å². The van der Waals surface area contributed by atoms with Gasteiger partial charge in [-0.1, -0.05) is 177 Å². The number of carbonyl (C=O) groups is 2. The van der Waals surface area contributed by atoms with Gasteiger partial charge in [-0.15, -0.1) is 0 Å². The predicted octanol–water partition coefficient (Wildman–Crippen LogP) is 14.1. The molecule has 56 heavy (non-hydrogen) atoms. The maximum atomic E-state index is 12.4. The number of rotatable bonds is 41. The molecule has 324 valence electrons. The summed E-state index contributed by atoms with van der Waals surface area (Å²) in [4.78, 5) is 43.0. The van der Waals surface area contributed by atoms with Gasteiger partial charge < -0.3 is 19.3 Å². The van der Waals surface area contributed by atoms with Crippen LogP contribution in [0.2, 0.25) is 0 Å². The summed E-state index contributed by atoms with van der Waals surface area (Å²) in [6.45, 7) is 3.57. The first kappa shape index (κ1) is 53.8. The monoisotopic (exact) mass is 807 g/mol. The predicted molar refractivity (Wildman–Crippen MR) is 234 cm³/mol. The molecule has 8 nitrogen and oxygen atoms in total. The Morgan fingerprint density at radius 2 is 0.857 bits per heavy atom. The van der Waals surface area contributed by atoms with Gasteiger partial charge in [0.2, 0.25) is 0 Å². The maximum absolute atomic E-state index is 12.4. The van der Waals surface area contributed by atoms with Crippen LogP contribution in [0.4, 0.5) is 0 Å². The fourth-order valence-electron chi connectivity index (χ4n) is 6.18. The van der Waals surface area contributed by atoms with Gasteiger partial charge in [0.1, 0.15) is 6.61 Å². The van der Waals surface area contributed by atoms with Gasteiger partial charge in [0.05, 0.1) is 6.61 Å². The van der Waals surface area contributed by atoms with E-state index in [2.05, 4.69) is 79.1 Å². The molecule has 0 radical (unpaired) electrons. The molecular weight excluding hydrogens is 723 g/mol. The van der Waals surface area contributed by atoms with E-state index in [0.29, 0.717) is 6.42 Å². The van der Waals surface area contributed by atoms with E-state index < -0.39 is 32.5 Å². The second-order valence-electron chi connectivity index (χ2n) is 15.0. The molecule has 0 rings (SSSR count). The van der Waals surface area contributed by atoms with Crippen LogP contribution < -0.4 is 0 Å². The average Bonchev–Trinajstić information content (AvgIpc) is 3.17. The third-order valence-electron chi connectivity index (χ3n) is 9.52. The highest BCUT2D eigenvalue weighted by Gasteiger charge is 2.22. The number of unbranched alkanes of at least 4 members (excludes halogenated alkanes) is 21.